The fourth-order valence-corrected chi connectivity index (χ4v) is 3.49. The highest BCUT2D eigenvalue weighted by molar-refractivity contribution is 6.32. The number of alkyl halides is 3. The second-order valence-corrected chi connectivity index (χ2v) is 6.93. The topological polar surface area (TPSA) is 44.8 Å². The van der Waals surface area contributed by atoms with E-state index in [2.05, 4.69) is 15.0 Å². The van der Waals surface area contributed by atoms with E-state index in [0.717, 1.165) is 11.6 Å². The summed E-state index contributed by atoms with van der Waals surface area (Å²) in [6.45, 7) is 0.621. The van der Waals surface area contributed by atoms with Crippen LogP contribution in [0, 0.1) is 5.82 Å². The van der Waals surface area contributed by atoms with Crippen molar-refractivity contribution in [2.45, 2.75) is 12.6 Å². The molecule has 3 heterocycles. The molecule has 4 nitrogen and oxygen atoms in total. The van der Waals surface area contributed by atoms with Gasteiger partial charge in [0.1, 0.15) is 28.3 Å². The van der Waals surface area contributed by atoms with Crippen LogP contribution in [-0.4, -0.2) is 28.0 Å². The molecule has 1 N–H and O–H groups in total. The van der Waals surface area contributed by atoms with Crippen LogP contribution in [0.1, 0.15) is 17.8 Å². The average molecular weight is 423 g/mol. The summed E-state index contributed by atoms with van der Waals surface area (Å²) < 4.78 is 52.9. The molecule has 1 aromatic carbocycles. The third kappa shape index (κ3) is 3.98. The van der Waals surface area contributed by atoms with Gasteiger partial charge in [0.2, 0.25) is 0 Å². The summed E-state index contributed by atoms with van der Waals surface area (Å²) in [6.07, 6.45) is -0.834. The van der Waals surface area contributed by atoms with Gasteiger partial charge in [0.15, 0.2) is 0 Å². The van der Waals surface area contributed by atoms with E-state index in [4.69, 9.17) is 11.6 Å². The minimum absolute atomic E-state index is 0.0835. The third-order valence-corrected chi connectivity index (χ3v) is 4.96. The largest absolute Gasteiger partial charge is 0.419 e. The van der Waals surface area contributed by atoms with Crippen molar-refractivity contribution < 1.29 is 17.6 Å². The second-order valence-electron chi connectivity index (χ2n) is 6.55. The van der Waals surface area contributed by atoms with Crippen molar-refractivity contribution in [1.29, 1.82) is 0 Å². The lowest BCUT2D eigenvalue weighted by molar-refractivity contribution is -0.137. The first-order valence-electron chi connectivity index (χ1n) is 8.81. The number of benzene rings is 1. The van der Waals surface area contributed by atoms with E-state index in [9.17, 15) is 17.6 Å². The lowest BCUT2D eigenvalue weighted by atomic mass is 10.1. The van der Waals surface area contributed by atoms with Crippen molar-refractivity contribution in [2.75, 3.05) is 18.0 Å². The van der Waals surface area contributed by atoms with E-state index in [0.29, 0.717) is 35.2 Å². The van der Waals surface area contributed by atoms with Gasteiger partial charge in [0, 0.05) is 24.8 Å². The number of imidazole rings is 1. The summed E-state index contributed by atoms with van der Waals surface area (Å²) in [5, 5.41) is 0.319. The molecule has 0 aliphatic carbocycles. The molecule has 0 saturated carbocycles. The molecule has 0 fully saturated rings. The Labute approximate surface area is 168 Å². The molecule has 0 unspecified atom stereocenters. The van der Waals surface area contributed by atoms with E-state index in [1.165, 1.54) is 24.4 Å². The molecule has 2 aromatic heterocycles. The summed E-state index contributed by atoms with van der Waals surface area (Å²) in [4.78, 5) is 13.0. The summed E-state index contributed by atoms with van der Waals surface area (Å²) >= 11 is 6.25. The Bertz CT molecular complexity index is 1060. The molecule has 4 rings (SSSR count). The van der Waals surface area contributed by atoms with E-state index in [-0.39, 0.29) is 18.2 Å². The summed E-state index contributed by atoms with van der Waals surface area (Å²) in [7, 11) is 0. The number of nitrogens with one attached hydrogen (secondary N) is 1. The van der Waals surface area contributed by atoms with Crippen molar-refractivity contribution in [1.82, 2.24) is 15.0 Å². The monoisotopic (exact) mass is 422 g/mol. The Morgan fingerprint density at radius 1 is 1.10 bits per heavy atom. The molecule has 0 atom stereocenters. The van der Waals surface area contributed by atoms with Crippen LogP contribution in [0.4, 0.5) is 23.4 Å². The number of nitrogens with zero attached hydrogens (tertiary/aromatic N) is 3. The maximum absolute atomic E-state index is 13.2. The highest BCUT2D eigenvalue weighted by atomic mass is 35.5. The normalized spacial score (nSPS) is 14.8. The van der Waals surface area contributed by atoms with Gasteiger partial charge in [-0.3, -0.25) is 0 Å². The number of halogens is 5. The minimum atomic E-state index is -4.47. The maximum Gasteiger partial charge on any atom is 0.419 e. The van der Waals surface area contributed by atoms with Crippen molar-refractivity contribution in [3.63, 3.8) is 0 Å². The van der Waals surface area contributed by atoms with Crippen LogP contribution in [0.15, 0.2) is 48.7 Å². The second kappa shape index (κ2) is 7.51. The first kappa shape index (κ1) is 19.4. The molecule has 3 aromatic rings. The SMILES string of the molecule is Fc1ccc(-c2nc(C3=CCN(c4ncccc4C(F)(F)F)CC3)[nH]c2Cl)cc1. The predicted molar refractivity (Wildman–Crippen MR) is 103 cm³/mol. The zero-order valence-corrected chi connectivity index (χ0v) is 15.7. The molecule has 9 heteroatoms. The first-order chi connectivity index (χ1) is 13.8. The molecule has 29 heavy (non-hydrogen) atoms. The van der Waals surface area contributed by atoms with Crippen LogP contribution in [0.5, 0.6) is 0 Å². The predicted octanol–water partition coefficient (Wildman–Crippen LogP) is 5.58. The van der Waals surface area contributed by atoms with Gasteiger partial charge in [-0.05, 0) is 48.4 Å². The van der Waals surface area contributed by atoms with Crippen LogP contribution < -0.4 is 4.90 Å². The summed E-state index contributed by atoms with van der Waals surface area (Å²) in [5.41, 5.74) is 1.26. The van der Waals surface area contributed by atoms with Gasteiger partial charge < -0.3 is 9.88 Å². The molecular formula is C20H15ClF4N4. The molecule has 0 saturated heterocycles. The van der Waals surface area contributed by atoms with Crippen LogP contribution in [0.2, 0.25) is 5.15 Å². The van der Waals surface area contributed by atoms with Gasteiger partial charge in [-0.2, -0.15) is 13.2 Å². The van der Waals surface area contributed by atoms with Gasteiger partial charge in [-0.25, -0.2) is 14.4 Å². The molecule has 0 radical (unpaired) electrons. The van der Waals surface area contributed by atoms with Gasteiger partial charge in [-0.15, -0.1) is 0 Å². The molecule has 0 bridgehead atoms. The van der Waals surface area contributed by atoms with Crippen molar-refractivity contribution in [3.05, 3.63) is 71.0 Å². The third-order valence-electron chi connectivity index (χ3n) is 4.68. The van der Waals surface area contributed by atoms with Crippen molar-refractivity contribution >= 4 is 23.0 Å². The molecule has 0 spiro atoms. The fourth-order valence-electron chi connectivity index (χ4n) is 3.25. The van der Waals surface area contributed by atoms with Crippen molar-refractivity contribution in [2.24, 2.45) is 0 Å². The Hall–Kier alpha value is -2.87. The van der Waals surface area contributed by atoms with E-state index < -0.39 is 11.7 Å². The number of H-pyrrole nitrogens is 1. The van der Waals surface area contributed by atoms with Gasteiger partial charge in [-0.1, -0.05) is 17.7 Å². The highest BCUT2D eigenvalue weighted by Crippen LogP contribution is 2.36. The molecule has 1 aliphatic rings. The summed E-state index contributed by atoms with van der Waals surface area (Å²) in [5.74, 6) is 0.106. The van der Waals surface area contributed by atoms with E-state index >= 15 is 0 Å². The van der Waals surface area contributed by atoms with Gasteiger partial charge in [0.25, 0.3) is 0 Å². The Kier molecular flexibility index (Phi) is 5.04. The molecule has 0 amide bonds. The molecular weight excluding hydrogens is 408 g/mol. The highest BCUT2D eigenvalue weighted by Gasteiger charge is 2.36. The standard InChI is InChI=1S/C20H15ClF4N4/c21-17-16(12-3-5-14(22)6-4-12)27-18(28-17)13-7-10-29(11-8-13)19-15(20(23,24)25)2-1-9-26-19/h1-7,9H,8,10-11H2,(H,27,28). The number of aromatic amines is 1. The quantitative estimate of drug-likeness (QED) is 0.561. The number of hydrogen-bond donors (Lipinski definition) is 1. The summed E-state index contributed by atoms with van der Waals surface area (Å²) in [6, 6.07) is 8.11. The van der Waals surface area contributed by atoms with Crippen LogP contribution in [-0.2, 0) is 6.18 Å². The van der Waals surface area contributed by atoms with Crippen molar-refractivity contribution in [3.8, 4) is 11.3 Å². The number of anilines is 1. The van der Waals surface area contributed by atoms with E-state index in [1.807, 2.05) is 6.08 Å². The van der Waals surface area contributed by atoms with Gasteiger partial charge in [0.05, 0.1) is 5.56 Å². The first-order valence-corrected chi connectivity index (χ1v) is 9.19. The average Bonchev–Trinajstić information content (AvgIpc) is 3.10. The Morgan fingerprint density at radius 2 is 1.86 bits per heavy atom. The van der Waals surface area contributed by atoms with Gasteiger partial charge >= 0.3 is 6.18 Å². The maximum atomic E-state index is 13.2. The lowest BCUT2D eigenvalue weighted by Gasteiger charge is -2.29. The van der Waals surface area contributed by atoms with Crippen LogP contribution in [0.3, 0.4) is 0 Å². The molecule has 150 valence electrons. The lowest BCUT2D eigenvalue weighted by Crippen LogP contribution is -2.31. The Balaban J connectivity index is 1.57. The van der Waals surface area contributed by atoms with Crippen LogP contribution >= 0.6 is 11.6 Å². The Morgan fingerprint density at radius 3 is 2.52 bits per heavy atom. The number of hydrogen-bond acceptors (Lipinski definition) is 3. The van der Waals surface area contributed by atoms with E-state index in [1.54, 1.807) is 17.0 Å². The number of rotatable bonds is 3. The fraction of sp³-hybridized carbons (Fsp3) is 0.200. The molecule has 1 aliphatic heterocycles. The number of pyridine rings is 1. The zero-order chi connectivity index (χ0) is 20.6. The zero-order valence-electron chi connectivity index (χ0n) is 15.0. The van der Waals surface area contributed by atoms with Crippen LogP contribution in [0.25, 0.3) is 16.8 Å². The number of aromatic nitrogens is 3. The minimum Gasteiger partial charge on any atom is -0.352 e. The smallest absolute Gasteiger partial charge is 0.352 e.